The summed E-state index contributed by atoms with van der Waals surface area (Å²) in [6, 6.07) is 7.35. The van der Waals surface area contributed by atoms with Crippen molar-refractivity contribution in [1.29, 1.82) is 0 Å². The molecule has 24 heavy (non-hydrogen) atoms. The van der Waals surface area contributed by atoms with Crippen molar-refractivity contribution in [3.05, 3.63) is 29.3 Å². The first-order valence-corrected chi connectivity index (χ1v) is 8.94. The Balaban J connectivity index is 1.69. The zero-order chi connectivity index (χ0) is 17.3. The fraction of sp³-hybridized carbons (Fsp3) is 0.556. The minimum Gasteiger partial charge on any atom is -0.342 e. The number of carbonyl (C=O) groups is 2. The summed E-state index contributed by atoms with van der Waals surface area (Å²) in [4.78, 5) is 28.8. The molecular weight excluding hydrogens is 326 g/mol. The van der Waals surface area contributed by atoms with Crippen LogP contribution in [0.4, 0.5) is 5.69 Å². The molecule has 2 saturated heterocycles. The molecule has 0 aromatic heterocycles. The second-order valence-corrected chi connectivity index (χ2v) is 7.31. The lowest BCUT2D eigenvalue weighted by molar-refractivity contribution is -0.137. The second-order valence-electron chi connectivity index (χ2n) is 6.90. The Bertz CT molecular complexity index is 634. The van der Waals surface area contributed by atoms with E-state index in [2.05, 4.69) is 0 Å². The number of nitrogens with two attached hydrogens (primary N) is 1. The van der Waals surface area contributed by atoms with E-state index in [4.69, 9.17) is 17.3 Å². The molecule has 1 aromatic rings. The molecule has 2 fully saturated rings. The van der Waals surface area contributed by atoms with Crippen LogP contribution in [0.2, 0.25) is 5.02 Å². The van der Waals surface area contributed by atoms with Gasteiger partial charge in [-0.15, -0.1) is 0 Å². The maximum absolute atomic E-state index is 12.8. The maximum atomic E-state index is 12.8. The highest BCUT2D eigenvalue weighted by molar-refractivity contribution is 6.33. The van der Waals surface area contributed by atoms with Crippen molar-refractivity contribution in [3.8, 4) is 0 Å². The van der Waals surface area contributed by atoms with Gasteiger partial charge in [-0.3, -0.25) is 9.59 Å². The van der Waals surface area contributed by atoms with Crippen molar-refractivity contribution in [2.75, 3.05) is 24.5 Å². The Kier molecular flexibility index (Phi) is 5.11. The normalized spacial score (nSPS) is 25.9. The lowest BCUT2D eigenvalue weighted by Gasteiger charge is -2.35. The monoisotopic (exact) mass is 349 g/mol. The zero-order valence-electron chi connectivity index (χ0n) is 14.0. The quantitative estimate of drug-likeness (QED) is 0.910. The van der Waals surface area contributed by atoms with E-state index in [1.54, 1.807) is 11.0 Å². The molecule has 2 amide bonds. The average Bonchev–Trinajstić information content (AvgIpc) is 2.96. The summed E-state index contributed by atoms with van der Waals surface area (Å²) in [5.41, 5.74) is 6.69. The summed E-state index contributed by atoms with van der Waals surface area (Å²) >= 11 is 6.20. The second kappa shape index (κ2) is 7.11. The van der Waals surface area contributed by atoms with Crippen LogP contribution in [-0.2, 0) is 9.59 Å². The summed E-state index contributed by atoms with van der Waals surface area (Å²) in [7, 11) is 0. The smallest absolute Gasteiger partial charge is 0.228 e. The number of halogens is 1. The van der Waals surface area contributed by atoms with Crippen LogP contribution in [0.15, 0.2) is 24.3 Å². The van der Waals surface area contributed by atoms with Gasteiger partial charge in [0, 0.05) is 32.1 Å². The average molecular weight is 350 g/mol. The van der Waals surface area contributed by atoms with Crippen LogP contribution in [0.3, 0.4) is 0 Å². The highest BCUT2D eigenvalue weighted by atomic mass is 35.5. The van der Waals surface area contributed by atoms with Gasteiger partial charge in [0.25, 0.3) is 0 Å². The Morgan fingerprint density at radius 2 is 2.08 bits per heavy atom. The van der Waals surface area contributed by atoms with Crippen molar-refractivity contribution in [2.24, 2.45) is 17.6 Å². The summed E-state index contributed by atoms with van der Waals surface area (Å²) in [5.74, 6) is 0.0885. The van der Waals surface area contributed by atoms with Crippen LogP contribution in [0.1, 0.15) is 26.2 Å². The molecule has 2 aliphatic rings. The Morgan fingerprint density at radius 3 is 2.79 bits per heavy atom. The van der Waals surface area contributed by atoms with E-state index in [0.717, 1.165) is 19.4 Å². The first-order chi connectivity index (χ1) is 11.5. The number of hydrogen-bond acceptors (Lipinski definition) is 3. The number of hydrogen-bond donors (Lipinski definition) is 1. The SMILES string of the molecule is C[C@H](N)[C@H]1CCCN(C(=O)[C@H]2CC(=O)N(c3ccccc3Cl)C2)C1. The number of piperidine rings is 1. The lowest BCUT2D eigenvalue weighted by Crippen LogP contribution is -2.47. The number of nitrogens with zero attached hydrogens (tertiary/aromatic N) is 2. The molecule has 1 aromatic carbocycles. The van der Waals surface area contributed by atoms with Gasteiger partial charge < -0.3 is 15.5 Å². The molecule has 6 heteroatoms. The van der Waals surface area contributed by atoms with Crippen LogP contribution < -0.4 is 10.6 Å². The standard InChI is InChI=1S/C18H24ClN3O2/c1-12(20)13-5-4-8-21(10-13)18(24)14-9-17(23)22(11-14)16-7-3-2-6-15(16)19/h2-3,6-7,12-14H,4-5,8-11,20H2,1H3/t12-,13-,14-/m0/s1. The molecule has 3 atom stereocenters. The Morgan fingerprint density at radius 1 is 1.33 bits per heavy atom. The molecule has 0 aliphatic carbocycles. The van der Waals surface area contributed by atoms with Gasteiger partial charge in [-0.25, -0.2) is 0 Å². The minimum atomic E-state index is -0.291. The van der Waals surface area contributed by atoms with Gasteiger partial charge in [0.15, 0.2) is 0 Å². The number of likely N-dealkylation sites (tertiary alicyclic amines) is 1. The van der Waals surface area contributed by atoms with Gasteiger partial charge in [0.05, 0.1) is 16.6 Å². The topological polar surface area (TPSA) is 66.6 Å². The van der Waals surface area contributed by atoms with Crippen LogP contribution in [0.5, 0.6) is 0 Å². The number of benzene rings is 1. The van der Waals surface area contributed by atoms with E-state index in [9.17, 15) is 9.59 Å². The van der Waals surface area contributed by atoms with E-state index < -0.39 is 0 Å². The molecule has 0 unspecified atom stereocenters. The Hall–Kier alpha value is -1.59. The van der Waals surface area contributed by atoms with Crippen LogP contribution in [-0.4, -0.2) is 42.4 Å². The molecule has 2 heterocycles. The third kappa shape index (κ3) is 3.42. The molecule has 2 N–H and O–H groups in total. The van der Waals surface area contributed by atoms with E-state index in [1.165, 1.54) is 0 Å². The van der Waals surface area contributed by atoms with Crippen LogP contribution in [0.25, 0.3) is 0 Å². The first kappa shape index (κ1) is 17.2. The van der Waals surface area contributed by atoms with Crippen LogP contribution >= 0.6 is 11.6 Å². The van der Waals surface area contributed by atoms with Crippen molar-refractivity contribution in [1.82, 2.24) is 4.90 Å². The molecule has 5 nitrogen and oxygen atoms in total. The van der Waals surface area contributed by atoms with Gasteiger partial charge >= 0.3 is 0 Å². The summed E-state index contributed by atoms with van der Waals surface area (Å²) in [6.07, 6.45) is 2.30. The minimum absolute atomic E-state index is 0.0396. The molecule has 2 aliphatic heterocycles. The van der Waals surface area contributed by atoms with Gasteiger partial charge in [-0.1, -0.05) is 23.7 Å². The van der Waals surface area contributed by atoms with Crippen molar-refractivity contribution >= 4 is 29.1 Å². The highest BCUT2D eigenvalue weighted by Crippen LogP contribution is 2.32. The zero-order valence-corrected chi connectivity index (χ0v) is 14.7. The highest BCUT2D eigenvalue weighted by Gasteiger charge is 2.39. The number of para-hydroxylation sites is 1. The van der Waals surface area contributed by atoms with Crippen LogP contribution in [0, 0.1) is 11.8 Å². The molecular formula is C18H24ClN3O2. The number of carbonyl (C=O) groups excluding carboxylic acids is 2. The van der Waals surface area contributed by atoms with E-state index in [1.807, 2.05) is 30.0 Å². The number of anilines is 1. The maximum Gasteiger partial charge on any atom is 0.228 e. The largest absolute Gasteiger partial charge is 0.342 e. The molecule has 0 saturated carbocycles. The predicted octanol–water partition coefficient (Wildman–Crippen LogP) is 2.28. The molecule has 130 valence electrons. The van der Waals surface area contributed by atoms with Crippen molar-refractivity contribution < 1.29 is 9.59 Å². The summed E-state index contributed by atoms with van der Waals surface area (Å²) in [5, 5.41) is 0.536. The van der Waals surface area contributed by atoms with Gasteiger partial charge in [0.2, 0.25) is 11.8 Å². The fourth-order valence-corrected chi connectivity index (χ4v) is 3.91. The third-order valence-corrected chi connectivity index (χ3v) is 5.45. The predicted molar refractivity (Wildman–Crippen MR) is 94.9 cm³/mol. The lowest BCUT2D eigenvalue weighted by atomic mass is 9.91. The van der Waals surface area contributed by atoms with E-state index >= 15 is 0 Å². The number of rotatable bonds is 3. The van der Waals surface area contributed by atoms with Gasteiger partial charge in [-0.05, 0) is 37.8 Å². The Labute approximate surface area is 147 Å². The fourth-order valence-electron chi connectivity index (χ4n) is 3.67. The molecule has 0 spiro atoms. The van der Waals surface area contributed by atoms with Crippen molar-refractivity contribution in [2.45, 2.75) is 32.2 Å². The van der Waals surface area contributed by atoms with Crippen molar-refractivity contribution in [3.63, 3.8) is 0 Å². The van der Waals surface area contributed by atoms with Gasteiger partial charge in [-0.2, -0.15) is 0 Å². The first-order valence-electron chi connectivity index (χ1n) is 8.56. The molecule has 0 bridgehead atoms. The molecule has 0 radical (unpaired) electrons. The van der Waals surface area contributed by atoms with Gasteiger partial charge in [0.1, 0.15) is 0 Å². The summed E-state index contributed by atoms with van der Waals surface area (Å²) in [6.45, 7) is 3.86. The third-order valence-electron chi connectivity index (χ3n) is 5.13. The summed E-state index contributed by atoms with van der Waals surface area (Å²) < 4.78 is 0. The van der Waals surface area contributed by atoms with E-state index in [0.29, 0.717) is 29.7 Å². The number of amides is 2. The van der Waals surface area contributed by atoms with E-state index in [-0.39, 0.29) is 30.2 Å². The molecule has 3 rings (SSSR count).